The number of aliphatic imine (C=N–C) groups is 1. The van der Waals surface area contributed by atoms with Gasteiger partial charge in [-0.2, -0.15) is 0 Å². The third-order valence-electron chi connectivity index (χ3n) is 4.68. The Kier molecular flexibility index (Phi) is 6.62. The number of nitrogens with zero attached hydrogens (tertiary/aromatic N) is 2. The first-order chi connectivity index (χ1) is 11.5. The van der Waals surface area contributed by atoms with Crippen molar-refractivity contribution in [3.8, 4) is 0 Å². The summed E-state index contributed by atoms with van der Waals surface area (Å²) in [7, 11) is -3.28. The summed E-state index contributed by atoms with van der Waals surface area (Å²) in [6.07, 6.45) is 3.56. The first-order valence-corrected chi connectivity index (χ1v) is 10.3. The highest BCUT2D eigenvalue weighted by Crippen LogP contribution is 2.59. The van der Waals surface area contributed by atoms with Gasteiger partial charge in [0.15, 0.2) is 5.78 Å². The molecule has 0 spiro atoms. The molecule has 134 valence electrons. The molecule has 0 aliphatic carbocycles. The minimum Gasteiger partial charge on any atom is -0.354 e. The molecule has 0 amide bonds. The van der Waals surface area contributed by atoms with E-state index in [1.54, 1.807) is 0 Å². The van der Waals surface area contributed by atoms with Gasteiger partial charge in [0.1, 0.15) is 0 Å². The molecule has 2 rings (SSSR count). The zero-order chi connectivity index (χ0) is 17.6. The van der Waals surface area contributed by atoms with Gasteiger partial charge in [0, 0.05) is 6.54 Å². The van der Waals surface area contributed by atoms with Gasteiger partial charge >= 0.3 is 7.60 Å². The summed E-state index contributed by atoms with van der Waals surface area (Å²) >= 11 is 0. The van der Waals surface area contributed by atoms with E-state index < -0.39 is 13.4 Å². The van der Waals surface area contributed by atoms with Crippen molar-refractivity contribution < 1.29 is 13.6 Å². The zero-order valence-corrected chi connectivity index (χ0v) is 16.0. The standard InChI is InChI=1S/C18H29N2O3P/c1-5-18(4)17(24(21,22-6-2)23-7-3)19-15-20(18)14-13-16-11-9-8-10-12-16/h8-12,15,17H,5-7,13-14H2,1-4H3. The summed E-state index contributed by atoms with van der Waals surface area (Å²) in [4.78, 5) is 6.74. The minimum absolute atomic E-state index is 0.354. The van der Waals surface area contributed by atoms with Gasteiger partial charge in [-0.15, -0.1) is 0 Å². The number of hydrogen-bond acceptors (Lipinski definition) is 5. The van der Waals surface area contributed by atoms with Crippen LogP contribution in [0, 0.1) is 0 Å². The maximum absolute atomic E-state index is 13.2. The number of benzene rings is 1. The van der Waals surface area contributed by atoms with Crippen molar-refractivity contribution in [2.24, 2.45) is 4.99 Å². The smallest absolute Gasteiger partial charge is 0.354 e. The lowest BCUT2D eigenvalue weighted by Gasteiger charge is -2.40. The number of hydrogen-bond donors (Lipinski definition) is 0. The summed E-state index contributed by atoms with van der Waals surface area (Å²) in [6, 6.07) is 10.4. The van der Waals surface area contributed by atoms with Gasteiger partial charge in [0.25, 0.3) is 0 Å². The fourth-order valence-electron chi connectivity index (χ4n) is 3.14. The first kappa shape index (κ1) is 19.2. The average Bonchev–Trinajstić information content (AvgIpc) is 2.92. The summed E-state index contributed by atoms with van der Waals surface area (Å²) in [5.74, 6) is -0.481. The second kappa shape index (κ2) is 8.28. The van der Waals surface area contributed by atoms with E-state index in [-0.39, 0.29) is 5.54 Å². The Morgan fingerprint density at radius 2 is 1.79 bits per heavy atom. The average molecular weight is 352 g/mol. The molecular weight excluding hydrogens is 323 g/mol. The second-order valence-corrected chi connectivity index (χ2v) is 8.24. The molecule has 1 aliphatic heterocycles. The molecule has 1 heterocycles. The van der Waals surface area contributed by atoms with Crippen LogP contribution in [-0.4, -0.2) is 42.3 Å². The van der Waals surface area contributed by atoms with Crippen molar-refractivity contribution in [3.63, 3.8) is 0 Å². The molecule has 24 heavy (non-hydrogen) atoms. The van der Waals surface area contributed by atoms with Gasteiger partial charge in [0.05, 0.1) is 25.1 Å². The minimum atomic E-state index is -3.28. The Labute approximate surface area is 145 Å². The lowest BCUT2D eigenvalue weighted by Crippen LogP contribution is -2.49. The third kappa shape index (κ3) is 3.90. The van der Waals surface area contributed by atoms with E-state index in [4.69, 9.17) is 9.05 Å². The molecule has 5 nitrogen and oxygen atoms in total. The summed E-state index contributed by atoms with van der Waals surface area (Å²) < 4.78 is 24.3. The van der Waals surface area contributed by atoms with E-state index in [1.165, 1.54) is 5.56 Å². The van der Waals surface area contributed by atoms with Crippen LogP contribution in [0.15, 0.2) is 35.3 Å². The van der Waals surface area contributed by atoms with Crippen LogP contribution in [0.1, 0.15) is 39.7 Å². The monoisotopic (exact) mass is 352 g/mol. The van der Waals surface area contributed by atoms with E-state index in [0.29, 0.717) is 13.2 Å². The van der Waals surface area contributed by atoms with Crippen LogP contribution in [-0.2, 0) is 20.0 Å². The van der Waals surface area contributed by atoms with Crippen LogP contribution in [0.25, 0.3) is 0 Å². The van der Waals surface area contributed by atoms with Crippen molar-refractivity contribution in [2.45, 2.75) is 51.9 Å². The van der Waals surface area contributed by atoms with E-state index in [9.17, 15) is 4.57 Å². The fourth-order valence-corrected chi connectivity index (χ4v) is 5.45. The molecule has 0 saturated carbocycles. The fraction of sp³-hybridized carbons (Fsp3) is 0.611. The molecule has 0 aromatic heterocycles. The zero-order valence-electron chi connectivity index (χ0n) is 15.1. The molecule has 0 fully saturated rings. The molecule has 6 heteroatoms. The molecule has 2 unspecified atom stereocenters. The van der Waals surface area contributed by atoms with Gasteiger partial charge in [0.2, 0.25) is 0 Å². The molecule has 1 aliphatic rings. The van der Waals surface area contributed by atoms with Crippen molar-refractivity contribution in [1.82, 2.24) is 4.90 Å². The molecule has 0 bridgehead atoms. The van der Waals surface area contributed by atoms with Crippen molar-refractivity contribution in [2.75, 3.05) is 19.8 Å². The topological polar surface area (TPSA) is 51.1 Å². The Morgan fingerprint density at radius 1 is 1.17 bits per heavy atom. The van der Waals surface area contributed by atoms with E-state index in [0.717, 1.165) is 19.4 Å². The largest absolute Gasteiger partial charge is 0.357 e. The molecule has 0 saturated heterocycles. The molecule has 1 aromatic rings. The van der Waals surface area contributed by atoms with Gasteiger partial charge in [-0.05, 0) is 39.2 Å². The predicted molar refractivity (Wildman–Crippen MR) is 98.7 cm³/mol. The molecule has 1 aromatic carbocycles. The normalized spacial score (nSPS) is 23.8. The Morgan fingerprint density at radius 3 is 2.33 bits per heavy atom. The number of rotatable bonds is 9. The van der Waals surface area contributed by atoms with E-state index in [2.05, 4.69) is 35.9 Å². The van der Waals surface area contributed by atoms with Crippen molar-refractivity contribution in [3.05, 3.63) is 35.9 Å². The van der Waals surface area contributed by atoms with Crippen LogP contribution in [0.3, 0.4) is 0 Å². The Bertz CT molecular complexity index is 583. The van der Waals surface area contributed by atoms with Gasteiger partial charge in [-0.3, -0.25) is 9.56 Å². The van der Waals surface area contributed by atoms with Crippen molar-refractivity contribution in [1.29, 1.82) is 0 Å². The maximum Gasteiger partial charge on any atom is 0.357 e. The summed E-state index contributed by atoms with van der Waals surface area (Å²) in [5.41, 5.74) is 0.917. The maximum atomic E-state index is 13.2. The highest BCUT2D eigenvalue weighted by Gasteiger charge is 2.52. The highest BCUT2D eigenvalue weighted by molar-refractivity contribution is 7.54. The molecule has 2 atom stereocenters. The highest BCUT2D eigenvalue weighted by atomic mass is 31.2. The van der Waals surface area contributed by atoms with E-state index >= 15 is 0 Å². The predicted octanol–water partition coefficient (Wildman–Crippen LogP) is 4.33. The molecule has 0 radical (unpaired) electrons. The van der Waals surface area contributed by atoms with Crippen LogP contribution in [0.4, 0.5) is 0 Å². The Hall–Kier alpha value is -1.16. The second-order valence-electron chi connectivity index (χ2n) is 6.15. The van der Waals surface area contributed by atoms with Crippen LogP contribution < -0.4 is 0 Å². The van der Waals surface area contributed by atoms with Crippen LogP contribution in [0.5, 0.6) is 0 Å². The lowest BCUT2D eigenvalue weighted by molar-refractivity contribution is 0.162. The van der Waals surface area contributed by atoms with Crippen LogP contribution in [0.2, 0.25) is 0 Å². The van der Waals surface area contributed by atoms with Gasteiger partial charge in [-0.25, -0.2) is 0 Å². The van der Waals surface area contributed by atoms with Crippen LogP contribution >= 0.6 is 7.60 Å². The first-order valence-electron chi connectivity index (χ1n) is 8.73. The summed E-state index contributed by atoms with van der Waals surface area (Å²) in [6.45, 7) is 9.40. The quantitative estimate of drug-likeness (QED) is 0.621. The van der Waals surface area contributed by atoms with Gasteiger partial charge in [-0.1, -0.05) is 37.3 Å². The van der Waals surface area contributed by atoms with E-state index in [1.807, 2.05) is 38.4 Å². The van der Waals surface area contributed by atoms with Crippen molar-refractivity contribution >= 4 is 13.9 Å². The molecule has 0 N–H and O–H groups in total. The third-order valence-corrected chi connectivity index (χ3v) is 7.20. The lowest BCUT2D eigenvalue weighted by atomic mass is 9.97. The molecular formula is C18H29N2O3P. The van der Waals surface area contributed by atoms with Gasteiger partial charge < -0.3 is 13.9 Å². The Balaban J connectivity index is 2.16. The SMILES string of the molecule is CCOP(=O)(OCC)C1N=CN(CCc2ccccc2)C1(C)CC. The summed E-state index contributed by atoms with van der Waals surface area (Å²) in [5, 5.41) is 0.